The zero-order valence-corrected chi connectivity index (χ0v) is 9.99. The van der Waals surface area contributed by atoms with E-state index in [0.717, 1.165) is 30.6 Å². The molecule has 0 amide bonds. The van der Waals surface area contributed by atoms with Gasteiger partial charge in [0.1, 0.15) is 6.10 Å². The van der Waals surface area contributed by atoms with Crippen molar-refractivity contribution < 1.29 is 4.74 Å². The molecule has 1 rings (SSSR count). The second-order valence-electron chi connectivity index (χ2n) is 3.75. The van der Waals surface area contributed by atoms with Crippen LogP contribution in [0.4, 0.5) is 0 Å². The Morgan fingerprint density at radius 3 is 2.44 bits per heavy atom. The summed E-state index contributed by atoms with van der Waals surface area (Å²) in [5, 5.41) is 0. The molecule has 86 valence electrons. The summed E-state index contributed by atoms with van der Waals surface area (Å²) >= 11 is 0. The highest BCUT2D eigenvalue weighted by Gasteiger charge is 2.06. The van der Waals surface area contributed by atoms with Crippen LogP contribution in [0.1, 0.15) is 37.0 Å². The molecule has 16 heavy (non-hydrogen) atoms. The van der Waals surface area contributed by atoms with Crippen molar-refractivity contribution in [1.29, 1.82) is 0 Å². The molecule has 1 nitrogen and oxygen atoms in total. The summed E-state index contributed by atoms with van der Waals surface area (Å²) in [4.78, 5) is 0. The van der Waals surface area contributed by atoms with Crippen molar-refractivity contribution in [3.05, 3.63) is 54.6 Å². The number of ether oxygens (including phenoxy) is 1. The van der Waals surface area contributed by atoms with Crippen molar-refractivity contribution >= 4 is 6.08 Å². The lowest BCUT2D eigenvalue weighted by Crippen LogP contribution is -2.02. The van der Waals surface area contributed by atoms with E-state index < -0.39 is 0 Å². The molecule has 0 bridgehead atoms. The van der Waals surface area contributed by atoms with Crippen LogP contribution in [0.2, 0.25) is 0 Å². The van der Waals surface area contributed by atoms with Crippen LogP contribution in [-0.2, 0) is 4.74 Å². The molecule has 1 unspecified atom stereocenters. The van der Waals surface area contributed by atoms with Gasteiger partial charge >= 0.3 is 0 Å². The molecule has 0 aromatic heterocycles. The number of hydrogen-bond acceptors (Lipinski definition) is 1. The fraction of sp³-hybridized carbons (Fsp3) is 0.333. The first-order valence-corrected chi connectivity index (χ1v) is 5.78. The quantitative estimate of drug-likeness (QED) is 0.485. The van der Waals surface area contributed by atoms with Crippen LogP contribution >= 0.6 is 0 Å². The van der Waals surface area contributed by atoms with E-state index in [0.29, 0.717) is 0 Å². The van der Waals surface area contributed by atoms with Gasteiger partial charge in [-0.1, -0.05) is 56.3 Å². The van der Waals surface area contributed by atoms with Crippen molar-refractivity contribution in [3.8, 4) is 0 Å². The van der Waals surface area contributed by atoms with Gasteiger partial charge in [0, 0.05) is 6.61 Å². The predicted octanol–water partition coefficient (Wildman–Crippen LogP) is 4.37. The average molecular weight is 216 g/mol. The summed E-state index contributed by atoms with van der Waals surface area (Å²) in [6, 6.07) is 8.22. The highest BCUT2D eigenvalue weighted by Crippen LogP contribution is 2.19. The molecule has 1 heteroatoms. The minimum absolute atomic E-state index is 0.00501. The Morgan fingerprint density at radius 1 is 1.25 bits per heavy atom. The van der Waals surface area contributed by atoms with Crippen molar-refractivity contribution in [2.24, 2.45) is 0 Å². The lowest BCUT2D eigenvalue weighted by atomic mass is 10.1. The molecule has 0 saturated carbocycles. The molecule has 0 heterocycles. The topological polar surface area (TPSA) is 9.23 Å². The summed E-state index contributed by atoms with van der Waals surface area (Å²) in [5.41, 5.74) is 2.27. The van der Waals surface area contributed by atoms with Crippen molar-refractivity contribution in [2.75, 3.05) is 6.61 Å². The summed E-state index contributed by atoms with van der Waals surface area (Å²) in [7, 11) is 0. The number of hydrogen-bond donors (Lipinski definition) is 0. The van der Waals surface area contributed by atoms with Gasteiger partial charge in [-0.2, -0.15) is 0 Å². The molecule has 0 aliphatic heterocycles. The SMILES string of the molecule is C=Cc1ccc(C(C=C)OCCCC)cc1. The third-order valence-electron chi connectivity index (χ3n) is 2.51. The Labute approximate surface area is 98.5 Å². The zero-order chi connectivity index (χ0) is 11.8. The highest BCUT2D eigenvalue weighted by molar-refractivity contribution is 5.47. The lowest BCUT2D eigenvalue weighted by Gasteiger charge is -2.14. The van der Waals surface area contributed by atoms with Gasteiger partial charge in [0.25, 0.3) is 0 Å². The maximum absolute atomic E-state index is 5.75. The number of rotatable bonds is 7. The molecule has 0 aliphatic carbocycles. The van der Waals surface area contributed by atoms with Crippen LogP contribution < -0.4 is 0 Å². The van der Waals surface area contributed by atoms with E-state index in [1.54, 1.807) is 0 Å². The summed E-state index contributed by atoms with van der Waals surface area (Å²) < 4.78 is 5.75. The first-order chi connectivity index (χ1) is 7.81. The van der Waals surface area contributed by atoms with E-state index in [-0.39, 0.29) is 6.10 Å². The van der Waals surface area contributed by atoms with Gasteiger partial charge in [-0.3, -0.25) is 0 Å². The molecular weight excluding hydrogens is 196 g/mol. The van der Waals surface area contributed by atoms with Crippen molar-refractivity contribution in [3.63, 3.8) is 0 Å². The molecule has 1 atom stereocenters. The van der Waals surface area contributed by atoms with E-state index in [1.165, 1.54) is 0 Å². The first kappa shape index (κ1) is 12.7. The Balaban J connectivity index is 2.63. The van der Waals surface area contributed by atoms with Gasteiger partial charge in [-0.05, 0) is 17.5 Å². The van der Waals surface area contributed by atoms with Crippen LogP contribution in [-0.4, -0.2) is 6.61 Å². The van der Waals surface area contributed by atoms with Gasteiger partial charge in [0.15, 0.2) is 0 Å². The molecule has 0 radical (unpaired) electrons. The Hall–Kier alpha value is -1.34. The molecule has 1 aromatic rings. The monoisotopic (exact) mass is 216 g/mol. The van der Waals surface area contributed by atoms with E-state index in [9.17, 15) is 0 Å². The molecular formula is C15H20O. The largest absolute Gasteiger partial charge is 0.369 e. The van der Waals surface area contributed by atoms with Gasteiger partial charge in [0.05, 0.1) is 0 Å². The number of unbranched alkanes of at least 4 members (excludes halogenated alkanes) is 1. The fourth-order valence-corrected chi connectivity index (χ4v) is 1.48. The molecule has 1 aromatic carbocycles. The van der Waals surface area contributed by atoms with Gasteiger partial charge < -0.3 is 4.74 Å². The van der Waals surface area contributed by atoms with Crippen molar-refractivity contribution in [2.45, 2.75) is 25.9 Å². The third kappa shape index (κ3) is 3.67. The Bertz CT molecular complexity index is 324. The highest BCUT2D eigenvalue weighted by atomic mass is 16.5. The van der Waals surface area contributed by atoms with E-state index in [4.69, 9.17) is 4.74 Å². The summed E-state index contributed by atoms with van der Waals surface area (Å²) in [6.45, 7) is 10.5. The van der Waals surface area contributed by atoms with E-state index in [2.05, 4.69) is 32.2 Å². The second kappa shape index (κ2) is 7.02. The van der Waals surface area contributed by atoms with Gasteiger partial charge in [-0.15, -0.1) is 6.58 Å². The van der Waals surface area contributed by atoms with Gasteiger partial charge in [-0.25, -0.2) is 0 Å². The maximum Gasteiger partial charge on any atom is 0.100 e. The molecule has 0 aliphatic rings. The Morgan fingerprint density at radius 2 is 1.94 bits per heavy atom. The minimum atomic E-state index is 0.00501. The summed E-state index contributed by atoms with van der Waals surface area (Å²) in [5.74, 6) is 0. The molecule has 0 spiro atoms. The van der Waals surface area contributed by atoms with E-state index >= 15 is 0 Å². The van der Waals surface area contributed by atoms with Crippen LogP contribution in [0.15, 0.2) is 43.5 Å². The number of benzene rings is 1. The predicted molar refractivity (Wildman–Crippen MR) is 70.3 cm³/mol. The third-order valence-corrected chi connectivity index (χ3v) is 2.51. The van der Waals surface area contributed by atoms with Crippen LogP contribution in [0, 0.1) is 0 Å². The van der Waals surface area contributed by atoms with Crippen LogP contribution in [0.3, 0.4) is 0 Å². The maximum atomic E-state index is 5.75. The zero-order valence-electron chi connectivity index (χ0n) is 9.99. The lowest BCUT2D eigenvalue weighted by molar-refractivity contribution is 0.0832. The molecule has 0 N–H and O–H groups in total. The second-order valence-corrected chi connectivity index (χ2v) is 3.75. The van der Waals surface area contributed by atoms with Gasteiger partial charge in [0.2, 0.25) is 0 Å². The normalized spacial score (nSPS) is 12.1. The smallest absolute Gasteiger partial charge is 0.100 e. The van der Waals surface area contributed by atoms with E-state index in [1.807, 2.05) is 24.3 Å². The fourth-order valence-electron chi connectivity index (χ4n) is 1.48. The standard InChI is InChI=1S/C15H20O/c1-4-7-12-16-15(6-3)14-10-8-13(5-2)9-11-14/h5-6,8-11,15H,2-4,7,12H2,1H3. The summed E-state index contributed by atoms with van der Waals surface area (Å²) in [6.07, 6.45) is 5.93. The molecule has 0 saturated heterocycles. The first-order valence-electron chi connectivity index (χ1n) is 5.78. The minimum Gasteiger partial charge on any atom is -0.369 e. The van der Waals surface area contributed by atoms with Crippen LogP contribution in [0.25, 0.3) is 6.08 Å². The average Bonchev–Trinajstić information content (AvgIpc) is 2.35. The molecule has 0 fully saturated rings. The van der Waals surface area contributed by atoms with Crippen molar-refractivity contribution in [1.82, 2.24) is 0 Å². The van der Waals surface area contributed by atoms with Crippen LogP contribution in [0.5, 0.6) is 0 Å². The Kier molecular flexibility index (Phi) is 5.58.